The second kappa shape index (κ2) is 11.2. The maximum atomic E-state index is 14.3. The highest BCUT2D eigenvalue weighted by atomic mass is 19.2. The number of nitrogens with one attached hydrogen (secondary N) is 3. The fourth-order valence-corrected chi connectivity index (χ4v) is 7.69. The lowest BCUT2D eigenvalue weighted by Crippen LogP contribution is -2.66. The fraction of sp³-hybridized carbons (Fsp3) is 0.759. The van der Waals surface area contributed by atoms with E-state index in [9.17, 15) is 13.6 Å². The van der Waals surface area contributed by atoms with Gasteiger partial charge in [0, 0.05) is 25.3 Å². The van der Waals surface area contributed by atoms with Gasteiger partial charge < -0.3 is 20.7 Å². The highest BCUT2D eigenvalue weighted by Crippen LogP contribution is 2.49. The minimum Gasteiger partial charge on any atom is -0.377 e. The molecule has 1 aliphatic heterocycles. The summed E-state index contributed by atoms with van der Waals surface area (Å²) in [4.78, 5) is 14.3. The topological polar surface area (TPSA) is 62.4 Å². The van der Waals surface area contributed by atoms with E-state index in [1.54, 1.807) is 7.11 Å². The predicted octanol–water partition coefficient (Wildman–Crippen LogP) is 6.74. The summed E-state index contributed by atoms with van der Waals surface area (Å²) >= 11 is 0. The van der Waals surface area contributed by atoms with Crippen LogP contribution < -0.4 is 16.0 Å². The lowest BCUT2D eigenvalue weighted by atomic mass is 9.68. The Hall–Kier alpha value is -1.89. The number of hydrogen-bond donors (Lipinski definition) is 3. The summed E-state index contributed by atoms with van der Waals surface area (Å²) in [5, 5.41) is 10.6. The summed E-state index contributed by atoms with van der Waals surface area (Å²) in [6.07, 6.45) is 16.2. The minimum atomic E-state index is -0.958. The molecule has 3 saturated carbocycles. The van der Waals surface area contributed by atoms with Gasteiger partial charge in [0.1, 0.15) is 11.8 Å². The Morgan fingerprint density at radius 1 is 0.833 bits per heavy atom. The maximum absolute atomic E-state index is 14.3. The molecule has 3 N–H and O–H groups in total. The third-order valence-electron chi connectivity index (χ3n) is 9.37. The third kappa shape index (κ3) is 5.09. The standard InChI is InChI=1S/C29H43F2N3O2/c1-36-27(20-13-7-3-8-14-20)29(33-24-17-22(30)23(31)18-25(24)34-29)26(19-11-5-2-6-12-19)28(35)32-21-15-9-4-10-16-21/h17-21,26-27,33-34H,2-16H2,1H3,(H,32,35). The molecule has 5 nitrogen and oxygen atoms in total. The predicted molar refractivity (Wildman–Crippen MR) is 139 cm³/mol. The van der Waals surface area contributed by atoms with E-state index >= 15 is 0 Å². The van der Waals surface area contributed by atoms with Crippen molar-refractivity contribution in [2.24, 2.45) is 17.8 Å². The number of rotatable bonds is 7. The van der Waals surface area contributed by atoms with Gasteiger partial charge in [-0.3, -0.25) is 4.79 Å². The summed E-state index contributed by atoms with van der Waals surface area (Å²) in [6.45, 7) is 0. The molecule has 200 valence electrons. The lowest BCUT2D eigenvalue weighted by molar-refractivity contribution is -0.134. The Kier molecular flexibility index (Phi) is 8.04. The second-order valence-electron chi connectivity index (χ2n) is 11.7. The molecule has 0 bridgehead atoms. The number of amides is 1. The number of hydrogen-bond acceptors (Lipinski definition) is 4. The number of anilines is 2. The number of halogens is 2. The van der Waals surface area contributed by atoms with E-state index in [2.05, 4.69) is 16.0 Å². The van der Waals surface area contributed by atoms with Crippen LogP contribution in [0.4, 0.5) is 20.2 Å². The molecule has 1 heterocycles. The lowest BCUT2D eigenvalue weighted by Gasteiger charge is -2.49. The van der Waals surface area contributed by atoms with Crippen molar-refractivity contribution in [1.82, 2.24) is 5.32 Å². The monoisotopic (exact) mass is 503 g/mol. The number of carbonyl (C=O) groups is 1. The summed E-state index contributed by atoms with van der Waals surface area (Å²) in [7, 11) is 1.73. The molecular formula is C29H43F2N3O2. The first-order valence-corrected chi connectivity index (χ1v) is 14.4. The summed E-state index contributed by atoms with van der Waals surface area (Å²) < 4.78 is 35.0. The third-order valence-corrected chi connectivity index (χ3v) is 9.37. The molecule has 2 unspecified atom stereocenters. The molecule has 1 aromatic carbocycles. The average molecular weight is 504 g/mol. The van der Waals surface area contributed by atoms with Gasteiger partial charge in [-0.2, -0.15) is 0 Å². The molecule has 2 atom stereocenters. The summed E-state index contributed by atoms with van der Waals surface area (Å²) in [5.41, 5.74) is 0.0659. The molecule has 4 aliphatic rings. The molecule has 0 radical (unpaired) electrons. The molecule has 36 heavy (non-hydrogen) atoms. The van der Waals surface area contributed by atoms with Crippen molar-refractivity contribution >= 4 is 17.3 Å². The largest absolute Gasteiger partial charge is 0.377 e. The van der Waals surface area contributed by atoms with E-state index in [-0.39, 0.29) is 29.9 Å². The zero-order chi connectivity index (χ0) is 25.1. The zero-order valence-corrected chi connectivity index (χ0v) is 21.7. The van der Waals surface area contributed by atoms with Crippen LogP contribution in [0.3, 0.4) is 0 Å². The van der Waals surface area contributed by atoms with Gasteiger partial charge in [0.15, 0.2) is 11.6 Å². The number of ether oxygens (including phenoxy) is 1. The van der Waals surface area contributed by atoms with E-state index in [1.165, 1.54) is 31.4 Å². The fourth-order valence-electron chi connectivity index (χ4n) is 7.69. The van der Waals surface area contributed by atoms with Crippen molar-refractivity contribution in [3.05, 3.63) is 23.8 Å². The first-order valence-electron chi connectivity index (χ1n) is 14.4. The van der Waals surface area contributed by atoms with Crippen LogP contribution in [0.5, 0.6) is 0 Å². The van der Waals surface area contributed by atoms with Crippen molar-refractivity contribution < 1.29 is 18.3 Å². The van der Waals surface area contributed by atoms with Gasteiger partial charge >= 0.3 is 0 Å². The Balaban J connectivity index is 1.56. The molecule has 0 aromatic heterocycles. The van der Waals surface area contributed by atoms with Crippen molar-refractivity contribution in [3.8, 4) is 0 Å². The summed E-state index contributed by atoms with van der Waals surface area (Å²) in [5.74, 6) is -1.68. The van der Waals surface area contributed by atoms with Gasteiger partial charge in [-0.1, -0.05) is 57.8 Å². The van der Waals surface area contributed by atoms with Crippen LogP contribution in [-0.2, 0) is 9.53 Å². The molecule has 1 amide bonds. The molecule has 7 heteroatoms. The van der Waals surface area contributed by atoms with Crippen molar-refractivity contribution in [1.29, 1.82) is 0 Å². The Bertz CT molecular complexity index is 877. The molecule has 5 rings (SSSR count). The normalized spacial score (nSPS) is 24.9. The van der Waals surface area contributed by atoms with Crippen molar-refractivity contribution in [3.63, 3.8) is 0 Å². The van der Waals surface area contributed by atoms with Crippen LogP contribution in [0.2, 0.25) is 0 Å². The smallest absolute Gasteiger partial charge is 0.228 e. The molecular weight excluding hydrogens is 460 g/mol. The minimum absolute atomic E-state index is 0.0559. The highest BCUT2D eigenvalue weighted by Gasteiger charge is 2.57. The average Bonchev–Trinajstić information content (AvgIpc) is 3.24. The Labute approximate surface area is 214 Å². The SMILES string of the molecule is COC(C1CCCCC1)C1(C(C(=O)NC2CCCCC2)C2CCCCC2)Nc2cc(F)c(F)cc2N1. The van der Waals surface area contributed by atoms with Gasteiger partial charge in [0.05, 0.1) is 17.3 Å². The van der Waals surface area contributed by atoms with Crippen molar-refractivity contribution in [2.45, 2.75) is 114 Å². The first-order chi connectivity index (χ1) is 17.5. The molecule has 1 aromatic rings. The van der Waals surface area contributed by atoms with Gasteiger partial charge in [-0.25, -0.2) is 8.78 Å². The summed E-state index contributed by atoms with van der Waals surface area (Å²) in [6, 6.07) is 2.65. The van der Waals surface area contributed by atoms with Gasteiger partial charge in [0.25, 0.3) is 0 Å². The Morgan fingerprint density at radius 2 is 1.31 bits per heavy atom. The zero-order valence-electron chi connectivity index (χ0n) is 21.7. The molecule has 3 fully saturated rings. The van der Waals surface area contributed by atoms with Gasteiger partial charge in [0.2, 0.25) is 5.91 Å². The van der Waals surface area contributed by atoms with Crippen LogP contribution >= 0.6 is 0 Å². The quantitative estimate of drug-likeness (QED) is 0.386. The van der Waals surface area contributed by atoms with E-state index in [1.807, 2.05) is 0 Å². The Morgan fingerprint density at radius 3 is 1.81 bits per heavy atom. The number of benzene rings is 1. The van der Waals surface area contributed by atoms with E-state index in [0.717, 1.165) is 77.0 Å². The van der Waals surface area contributed by atoms with E-state index in [4.69, 9.17) is 4.74 Å². The highest BCUT2D eigenvalue weighted by molar-refractivity contribution is 5.86. The van der Waals surface area contributed by atoms with E-state index < -0.39 is 23.2 Å². The van der Waals surface area contributed by atoms with Gasteiger partial charge in [-0.05, 0) is 50.4 Å². The molecule has 0 spiro atoms. The maximum Gasteiger partial charge on any atom is 0.228 e. The first kappa shape index (κ1) is 25.7. The van der Waals surface area contributed by atoms with Crippen LogP contribution in [0, 0.1) is 29.4 Å². The number of carbonyl (C=O) groups excluding carboxylic acids is 1. The van der Waals surface area contributed by atoms with Crippen LogP contribution in [0.25, 0.3) is 0 Å². The van der Waals surface area contributed by atoms with E-state index in [0.29, 0.717) is 11.4 Å². The van der Waals surface area contributed by atoms with Crippen LogP contribution in [-0.4, -0.2) is 30.8 Å². The van der Waals surface area contributed by atoms with Gasteiger partial charge in [-0.15, -0.1) is 0 Å². The second-order valence-corrected chi connectivity index (χ2v) is 11.7. The van der Waals surface area contributed by atoms with Crippen LogP contribution in [0.15, 0.2) is 12.1 Å². The van der Waals surface area contributed by atoms with Crippen molar-refractivity contribution in [2.75, 3.05) is 17.7 Å². The number of fused-ring (bicyclic) bond motifs is 1. The molecule has 3 aliphatic carbocycles. The molecule has 0 saturated heterocycles. The van der Waals surface area contributed by atoms with Crippen LogP contribution in [0.1, 0.15) is 96.3 Å². The number of methoxy groups -OCH3 is 1.